The Labute approximate surface area is 107 Å². The molecule has 0 saturated carbocycles. The Morgan fingerprint density at radius 1 is 1.59 bits per heavy atom. The molecule has 1 atom stereocenters. The van der Waals surface area contributed by atoms with Gasteiger partial charge in [0.25, 0.3) is 5.69 Å². The second kappa shape index (κ2) is 5.77. The lowest BCUT2D eigenvalue weighted by Gasteiger charge is -2.09. The average Bonchev–Trinajstić information content (AvgIpc) is 2.29. The van der Waals surface area contributed by atoms with E-state index in [9.17, 15) is 14.9 Å². The highest BCUT2D eigenvalue weighted by molar-refractivity contribution is 9.10. The number of anilines is 1. The SMILES string of the molecule is CCC(Br)C(=O)Nc1ccc(C)cc1[N+](=O)[O-]. The van der Waals surface area contributed by atoms with Crippen LogP contribution in [0.2, 0.25) is 0 Å². The predicted octanol–water partition coefficient (Wildman–Crippen LogP) is 3.02. The molecule has 1 rings (SSSR count). The molecule has 6 heteroatoms. The van der Waals surface area contributed by atoms with Gasteiger partial charge in [0.2, 0.25) is 5.91 Å². The zero-order chi connectivity index (χ0) is 13.0. The number of carbonyl (C=O) groups is 1. The van der Waals surface area contributed by atoms with E-state index in [1.165, 1.54) is 6.07 Å². The van der Waals surface area contributed by atoms with Crippen molar-refractivity contribution in [2.75, 3.05) is 5.32 Å². The van der Waals surface area contributed by atoms with Crippen LogP contribution in [0.5, 0.6) is 0 Å². The highest BCUT2D eigenvalue weighted by Gasteiger charge is 2.19. The Bertz CT molecular complexity index is 448. The monoisotopic (exact) mass is 300 g/mol. The molecule has 0 aliphatic heterocycles. The van der Waals surface area contributed by atoms with Crippen molar-refractivity contribution in [2.45, 2.75) is 25.1 Å². The number of hydrogen-bond donors (Lipinski definition) is 1. The summed E-state index contributed by atoms with van der Waals surface area (Å²) in [6.07, 6.45) is 0.617. The van der Waals surface area contributed by atoms with Gasteiger partial charge in [-0.3, -0.25) is 14.9 Å². The zero-order valence-electron chi connectivity index (χ0n) is 9.57. The van der Waals surface area contributed by atoms with Crippen molar-refractivity contribution < 1.29 is 9.72 Å². The predicted molar refractivity (Wildman–Crippen MR) is 69.5 cm³/mol. The molecule has 0 bridgehead atoms. The highest BCUT2D eigenvalue weighted by atomic mass is 79.9. The number of nitrogens with zero attached hydrogens (tertiary/aromatic N) is 1. The summed E-state index contributed by atoms with van der Waals surface area (Å²) in [7, 11) is 0. The lowest BCUT2D eigenvalue weighted by Crippen LogP contribution is -2.22. The molecule has 1 amide bonds. The second-order valence-corrected chi connectivity index (χ2v) is 4.75. The molecule has 0 radical (unpaired) electrons. The number of benzene rings is 1. The molecule has 0 saturated heterocycles. The van der Waals surface area contributed by atoms with E-state index < -0.39 is 4.92 Å². The molecule has 1 aromatic rings. The number of nitrogens with one attached hydrogen (secondary N) is 1. The number of nitro groups is 1. The molecule has 0 aliphatic rings. The summed E-state index contributed by atoms with van der Waals surface area (Å²) in [5.74, 6) is -0.278. The molecule has 0 aromatic heterocycles. The fraction of sp³-hybridized carbons (Fsp3) is 0.364. The Hall–Kier alpha value is -1.43. The standard InChI is InChI=1S/C11H13BrN2O3/c1-3-8(12)11(15)13-9-5-4-7(2)6-10(9)14(16)17/h4-6,8H,3H2,1-2H3,(H,13,15). The van der Waals surface area contributed by atoms with Gasteiger partial charge in [-0.05, 0) is 25.0 Å². The van der Waals surface area contributed by atoms with Crippen LogP contribution in [0, 0.1) is 17.0 Å². The number of amides is 1. The van der Waals surface area contributed by atoms with Crippen LogP contribution in [0.15, 0.2) is 18.2 Å². The van der Waals surface area contributed by atoms with Crippen LogP contribution in [0.4, 0.5) is 11.4 Å². The molecule has 1 unspecified atom stereocenters. The Balaban J connectivity index is 2.98. The summed E-state index contributed by atoms with van der Waals surface area (Å²) in [4.78, 5) is 21.6. The van der Waals surface area contributed by atoms with Crippen molar-refractivity contribution >= 4 is 33.2 Å². The maximum Gasteiger partial charge on any atom is 0.293 e. The molecule has 17 heavy (non-hydrogen) atoms. The number of aryl methyl sites for hydroxylation is 1. The second-order valence-electron chi connectivity index (χ2n) is 3.64. The third kappa shape index (κ3) is 3.52. The van der Waals surface area contributed by atoms with Crippen LogP contribution in [0.25, 0.3) is 0 Å². The van der Waals surface area contributed by atoms with Crippen molar-refractivity contribution in [1.82, 2.24) is 0 Å². The van der Waals surface area contributed by atoms with Crippen molar-refractivity contribution in [3.05, 3.63) is 33.9 Å². The van der Waals surface area contributed by atoms with E-state index in [1.807, 2.05) is 6.92 Å². The van der Waals surface area contributed by atoms with E-state index in [-0.39, 0.29) is 22.1 Å². The topological polar surface area (TPSA) is 72.2 Å². The number of halogens is 1. The highest BCUT2D eigenvalue weighted by Crippen LogP contribution is 2.25. The molecule has 1 N–H and O–H groups in total. The van der Waals surface area contributed by atoms with E-state index >= 15 is 0 Å². The van der Waals surface area contributed by atoms with Crippen LogP contribution < -0.4 is 5.32 Å². The minimum Gasteiger partial charge on any atom is -0.319 e. The van der Waals surface area contributed by atoms with Crippen LogP contribution >= 0.6 is 15.9 Å². The van der Waals surface area contributed by atoms with Gasteiger partial charge in [-0.2, -0.15) is 0 Å². The minimum atomic E-state index is -0.502. The summed E-state index contributed by atoms with van der Waals surface area (Å²) in [6.45, 7) is 3.61. The van der Waals surface area contributed by atoms with Crippen LogP contribution in [-0.4, -0.2) is 15.7 Å². The Morgan fingerprint density at radius 3 is 2.76 bits per heavy atom. The first kappa shape index (κ1) is 13.6. The van der Waals surface area contributed by atoms with E-state index in [0.29, 0.717) is 6.42 Å². The first-order chi connectivity index (χ1) is 7.95. The van der Waals surface area contributed by atoms with E-state index in [1.54, 1.807) is 19.1 Å². The first-order valence-electron chi connectivity index (χ1n) is 5.15. The number of nitro benzene ring substituents is 1. The summed E-state index contributed by atoms with van der Waals surface area (Å²) >= 11 is 3.19. The first-order valence-corrected chi connectivity index (χ1v) is 6.07. The number of hydrogen-bond acceptors (Lipinski definition) is 3. The summed E-state index contributed by atoms with van der Waals surface area (Å²) in [6, 6.07) is 4.70. The van der Waals surface area contributed by atoms with Crippen LogP contribution in [-0.2, 0) is 4.79 Å². The zero-order valence-corrected chi connectivity index (χ0v) is 11.2. The third-order valence-corrected chi connectivity index (χ3v) is 3.31. The lowest BCUT2D eigenvalue weighted by molar-refractivity contribution is -0.384. The molecule has 92 valence electrons. The van der Waals surface area contributed by atoms with Gasteiger partial charge in [-0.15, -0.1) is 0 Å². The smallest absolute Gasteiger partial charge is 0.293 e. The Morgan fingerprint density at radius 2 is 2.24 bits per heavy atom. The van der Waals surface area contributed by atoms with E-state index in [4.69, 9.17) is 0 Å². The summed E-state index contributed by atoms with van der Waals surface area (Å²) in [5, 5.41) is 13.4. The van der Waals surface area contributed by atoms with Crippen molar-refractivity contribution in [2.24, 2.45) is 0 Å². The fourth-order valence-electron chi connectivity index (χ4n) is 1.29. The van der Waals surface area contributed by atoms with Gasteiger partial charge in [-0.25, -0.2) is 0 Å². The van der Waals surface area contributed by atoms with Gasteiger partial charge in [0.1, 0.15) is 5.69 Å². The number of alkyl halides is 1. The van der Waals surface area contributed by atoms with Crippen molar-refractivity contribution in [3.8, 4) is 0 Å². The van der Waals surface area contributed by atoms with Gasteiger partial charge >= 0.3 is 0 Å². The van der Waals surface area contributed by atoms with Crippen molar-refractivity contribution in [1.29, 1.82) is 0 Å². The molecule has 0 spiro atoms. The fourth-order valence-corrected chi connectivity index (χ4v) is 1.41. The Kier molecular flexibility index (Phi) is 4.62. The van der Waals surface area contributed by atoms with E-state index in [0.717, 1.165) is 5.56 Å². The molecule has 0 fully saturated rings. The van der Waals surface area contributed by atoms with Gasteiger partial charge in [0.05, 0.1) is 9.75 Å². The summed E-state index contributed by atoms with van der Waals surface area (Å²) < 4.78 is 0. The van der Waals surface area contributed by atoms with Gasteiger partial charge < -0.3 is 5.32 Å². The number of carbonyl (C=O) groups excluding carboxylic acids is 1. The molecule has 1 aromatic carbocycles. The lowest BCUT2D eigenvalue weighted by atomic mass is 10.2. The van der Waals surface area contributed by atoms with Gasteiger partial charge in [-0.1, -0.05) is 28.9 Å². The number of rotatable bonds is 4. The van der Waals surface area contributed by atoms with Crippen LogP contribution in [0.3, 0.4) is 0 Å². The largest absolute Gasteiger partial charge is 0.319 e. The molecule has 0 aliphatic carbocycles. The average molecular weight is 301 g/mol. The van der Waals surface area contributed by atoms with E-state index in [2.05, 4.69) is 21.2 Å². The normalized spacial score (nSPS) is 11.9. The van der Waals surface area contributed by atoms with Crippen LogP contribution in [0.1, 0.15) is 18.9 Å². The van der Waals surface area contributed by atoms with Crippen molar-refractivity contribution in [3.63, 3.8) is 0 Å². The summed E-state index contributed by atoms with van der Waals surface area (Å²) in [5.41, 5.74) is 0.915. The minimum absolute atomic E-state index is 0.0887. The van der Waals surface area contributed by atoms with Gasteiger partial charge in [0, 0.05) is 6.07 Å². The molecule has 0 heterocycles. The maximum atomic E-state index is 11.6. The quantitative estimate of drug-likeness (QED) is 0.528. The molecule has 5 nitrogen and oxygen atoms in total. The third-order valence-electron chi connectivity index (χ3n) is 2.25. The molecular formula is C11H13BrN2O3. The molecular weight excluding hydrogens is 288 g/mol. The maximum absolute atomic E-state index is 11.6. The van der Waals surface area contributed by atoms with Gasteiger partial charge in [0.15, 0.2) is 0 Å².